The molecule has 9 aromatic carbocycles. The summed E-state index contributed by atoms with van der Waals surface area (Å²) in [5.74, 6) is 0.856. The maximum absolute atomic E-state index is 6.82. The molecule has 0 bridgehead atoms. The third-order valence-corrected chi connectivity index (χ3v) is 10.9. The Morgan fingerprint density at radius 2 is 1.11 bits per heavy atom. The molecule has 1 aromatic heterocycles. The van der Waals surface area contributed by atoms with E-state index in [9.17, 15) is 0 Å². The first kappa shape index (κ1) is 29.9. The minimum absolute atomic E-state index is 0.229. The molecule has 0 aliphatic carbocycles. The Kier molecular flexibility index (Phi) is 6.73. The van der Waals surface area contributed by atoms with Gasteiger partial charge in [-0.2, -0.15) is 0 Å². The first-order chi connectivity index (χ1) is 26.3. The number of fused-ring (bicyclic) bond motifs is 10. The lowest BCUT2D eigenvalue weighted by Gasteiger charge is -2.32. The molecule has 4 heteroatoms. The fourth-order valence-corrected chi connectivity index (χ4v) is 8.43. The summed E-state index contributed by atoms with van der Waals surface area (Å²) < 4.78 is 6.82. The lowest BCUT2D eigenvalue weighted by molar-refractivity contribution is 0.411. The average molecular weight is 680 g/mol. The van der Waals surface area contributed by atoms with Crippen LogP contribution < -0.4 is 10.6 Å². The van der Waals surface area contributed by atoms with Crippen LogP contribution in [0.15, 0.2) is 185 Å². The van der Waals surface area contributed by atoms with Gasteiger partial charge in [-0.15, -0.1) is 0 Å². The number of nitrogens with one attached hydrogen (secondary N) is 2. The van der Waals surface area contributed by atoms with Crippen molar-refractivity contribution in [3.05, 3.63) is 193 Å². The number of hydrogen-bond donors (Lipinski definition) is 2. The van der Waals surface area contributed by atoms with Crippen LogP contribution in [0.2, 0.25) is 0 Å². The van der Waals surface area contributed by atoms with E-state index in [1.165, 1.54) is 43.1 Å². The molecule has 1 aliphatic heterocycles. The van der Waals surface area contributed by atoms with Crippen molar-refractivity contribution in [2.45, 2.75) is 12.3 Å². The first-order valence-electron chi connectivity index (χ1n) is 18.2. The van der Waals surface area contributed by atoms with Crippen molar-refractivity contribution in [3.63, 3.8) is 0 Å². The van der Waals surface area contributed by atoms with Crippen LogP contribution in [0.1, 0.15) is 29.0 Å². The molecule has 2 unspecified atom stereocenters. The van der Waals surface area contributed by atoms with Crippen molar-refractivity contribution in [2.24, 2.45) is 4.99 Å². The van der Waals surface area contributed by atoms with E-state index in [4.69, 9.17) is 9.41 Å². The van der Waals surface area contributed by atoms with Gasteiger partial charge in [0.2, 0.25) is 0 Å². The van der Waals surface area contributed by atoms with Gasteiger partial charge < -0.3 is 9.73 Å². The van der Waals surface area contributed by atoms with E-state index in [1.807, 2.05) is 6.07 Å². The highest BCUT2D eigenvalue weighted by Crippen LogP contribution is 2.42. The summed E-state index contributed by atoms with van der Waals surface area (Å²) in [7, 11) is 0. The summed E-state index contributed by atoms with van der Waals surface area (Å²) in [4.78, 5) is 5.22. The van der Waals surface area contributed by atoms with Gasteiger partial charge in [-0.3, -0.25) is 5.32 Å². The van der Waals surface area contributed by atoms with E-state index in [1.54, 1.807) is 0 Å². The Bertz CT molecular complexity index is 3050. The van der Waals surface area contributed by atoms with Crippen LogP contribution in [-0.2, 0) is 0 Å². The highest BCUT2D eigenvalue weighted by molar-refractivity contribution is 6.26. The average Bonchev–Trinajstić information content (AvgIpc) is 3.63. The van der Waals surface area contributed by atoms with Crippen LogP contribution in [0.3, 0.4) is 0 Å². The molecule has 0 saturated heterocycles. The van der Waals surface area contributed by atoms with E-state index in [0.29, 0.717) is 0 Å². The molecular weight excluding hydrogens is 647 g/mol. The second-order valence-corrected chi connectivity index (χ2v) is 14.0. The SMILES string of the molecule is c1ccc(C2N=C(c3ccc4ccccc4c3)NC(c3cccc4oc5c(-c6ccc7c8ccccc8c8ccccc8c7c6)cccc5c34)N2)cc1. The van der Waals surface area contributed by atoms with Gasteiger partial charge in [-0.1, -0.05) is 158 Å². The molecule has 0 amide bonds. The fourth-order valence-electron chi connectivity index (χ4n) is 8.43. The predicted molar refractivity (Wildman–Crippen MR) is 220 cm³/mol. The quantitative estimate of drug-likeness (QED) is 0.182. The van der Waals surface area contributed by atoms with Gasteiger partial charge in [-0.25, -0.2) is 4.99 Å². The minimum atomic E-state index is -0.239. The number of amidine groups is 1. The van der Waals surface area contributed by atoms with E-state index in [-0.39, 0.29) is 12.3 Å². The summed E-state index contributed by atoms with van der Waals surface area (Å²) in [5, 5.41) is 19.8. The largest absolute Gasteiger partial charge is 0.455 e. The maximum Gasteiger partial charge on any atom is 0.143 e. The summed E-state index contributed by atoms with van der Waals surface area (Å²) >= 11 is 0. The van der Waals surface area contributed by atoms with Crippen LogP contribution in [0.4, 0.5) is 0 Å². The smallest absolute Gasteiger partial charge is 0.143 e. The third kappa shape index (κ3) is 4.84. The Labute approximate surface area is 306 Å². The number of hydrogen-bond acceptors (Lipinski definition) is 4. The Morgan fingerprint density at radius 3 is 1.91 bits per heavy atom. The van der Waals surface area contributed by atoms with Crippen molar-refractivity contribution in [2.75, 3.05) is 0 Å². The zero-order chi connectivity index (χ0) is 34.9. The van der Waals surface area contributed by atoms with E-state index < -0.39 is 0 Å². The van der Waals surface area contributed by atoms with Crippen molar-refractivity contribution in [3.8, 4) is 11.1 Å². The monoisotopic (exact) mass is 679 g/mol. The zero-order valence-corrected chi connectivity index (χ0v) is 28.8. The standard InChI is InChI=1S/C49H33N3O/c1-2-13-31(14-3-1)47-50-48(34-25-24-30-12-4-5-15-32(30)28-34)52-49(51-47)42-22-11-23-44-45(42)41-21-10-20-35(46(41)53-44)33-26-27-40-38-18-7-6-16-36(38)37-17-8-9-19-39(37)43(40)29-33/h1-29,47,49,51H,(H,50,52). The molecule has 0 spiro atoms. The number of aliphatic imine (C=N–C) groups is 1. The van der Waals surface area contributed by atoms with Crippen LogP contribution >= 0.6 is 0 Å². The number of nitrogens with zero attached hydrogens (tertiary/aromatic N) is 1. The molecule has 250 valence electrons. The Morgan fingerprint density at radius 1 is 0.472 bits per heavy atom. The highest BCUT2D eigenvalue weighted by atomic mass is 16.3. The van der Waals surface area contributed by atoms with E-state index in [2.05, 4.69) is 180 Å². The second-order valence-electron chi connectivity index (χ2n) is 14.0. The van der Waals surface area contributed by atoms with Crippen LogP contribution in [0.5, 0.6) is 0 Å². The number of para-hydroxylation sites is 1. The molecule has 0 radical (unpaired) electrons. The molecular formula is C49H33N3O. The molecule has 2 N–H and O–H groups in total. The Balaban J connectivity index is 1.06. The van der Waals surface area contributed by atoms with Gasteiger partial charge >= 0.3 is 0 Å². The number of rotatable bonds is 4. The molecule has 0 fully saturated rings. The summed E-state index contributed by atoms with van der Waals surface area (Å²) in [5.41, 5.74) is 7.24. The number of furan rings is 1. The maximum atomic E-state index is 6.82. The lowest BCUT2D eigenvalue weighted by atomic mass is 9.91. The van der Waals surface area contributed by atoms with Crippen molar-refractivity contribution in [1.82, 2.24) is 10.6 Å². The van der Waals surface area contributed by atoms with Crippen molar-refractivity contribution < 1.29 is 4.42 Å². The fraction of sp³-hybridized carbons (Fsp3) is 0.0408. The summed E-state index contributed by atoms with van der Waals surface area (Å²) in [6.45, 7) is 0. The minimum Gasteiger partial charge on any atom is -0.455 e. The zero-order valence-electron chi connectivity index (χ0n) is 28.8. The first-order valence-corrected chi connectivity index (χ1v) is 18.2. The molecule has 0 saturated carbocycles. The molecule has 2 atom stereocenters. The summed E-state index contributed by atoms with van der Waals surface area (Å²) in [6.07, 6.45) is -0.468. The third-order valence-electron chi connectivity index (χ3n) is 10.9. The van der Waals surface area contributed by atoms with Crippen LogP contribution in [0, 0.1) is 0 Å². The molecule has 1 aliphatic rings. The van der Waals surface area contributed by atoms with Gasteiger partial charge in [0.05, 0.1) is 0 Å². The number of benzene rings is 9. The van der Waals surface area contributed by atoms with Gasteiger partial charge in [-0.05, 0) is 72.4 Å². The van der Waals surface area contributed by atoms with Crippen LogP contribution in [0.25, 0.3) is 76.2 Å². The lowest BCUT2D eigenvalue weighted by Crippen LogP contribution is -2.45. The van der Waals surface area contributed by atoms with Gasteiger partial charge in [0.25, 0.3) is 0 Å². The van der Waals surface area contributed by atoms with Crippen molar-refractivity contribution >= 4 is 70.9 Å². The van der Waals surface area contributed by atoms with Gasteiger partial charge in [0.1, 0.15) is 29.3 Å². The molecule has 2 heterocycles. The van der Waals surface area contributed by atoms with Gasteiger partial charge in [0, 0.05) is 27.5 Å². The normalized spacial score (nSPS) is 16.1. The van der Waals surface area contributed by atoms with Crippen LogP contribution in [-0.4, -0.2) is 5.84 Å². The van der Waals surface area contributed by atoms with E-state index >= 15 is 0 Å². The molecule has 4 nitrogen and oxygen atoms in total. The Hall–Kier alpha value is -6.75. The van der Waals surface area contributed by atoms with E-state index in [0.717, 1.165) is 55.6 Å². The molecule has 11 rings (SSSR count). The summed E-state index contributed by atoms with van der Waals surface area (Å²) in [6, 6.07) is 62.7. The predicted octanol–water partition coefficient (Wildman–Crippen LogP) is 12.2. The van der Waals surface area contributed by atoms with Gasteiger partial charge in [0.15, 0.2) is 0 Å². The molecule has 10 aromatic rings. The molecule has 53 heavy (non-hydrogen) atoms. The highest BCUT2D eigenvalue weighted by Gasteiger charge is 2.28. The topological polar surface area (TPSA) is 49.6 Å². The second kappa shape index (κ2) is 11.9. The van der Waals surface area contributed by atoms with Crippen molar-refractivity contribution in [1.29, 1.82) is 0 Å².